The number of fused-ring (bicyclic) bond motifs is 1. The van der Waals surface area contributed by atoms with Gasteiger partial charge in [0.1, 0.15) is 23.3 Å². The zero-order valence-electron chi connectivity index (χ0n) is 26.3. The van der Waals surface area contributed by atoms with E-state index in [1.807, 2.05) is 4.90 Å². The summed E-state index contributed by atoms with van der Waals surface area (Å²) in [5.41, 5.74) is 2.63. The van der Waals surface area contributed by atoms with Crippen LogP contribution in [0.1, 0.15) is 19.5 Å². The second-order valence-electron chi connectivity index (χ2n) is 8.66. The fourth-order valence-corrected chi connectivity index (χ4v) is 4.75. The van der Waals surface area contributed by atoms with Crippen LogP contribution in [-0.4, -0.2) is 62.1 Å². The number of pyridine rings is 1. The number of anilines is 2. The highest BCUT2D eigenvalue weighted by molar-refractivity contribution is 6.37. The molecule has 2 aromatic heterocycles. The molecule has 1 aliphatic heterocycles. The number of hydrogen-bond donors (Lipinski definition) is 1. The number of furan rings is 1. The average molecular weight is 558 g/mol. The Morgan fingerprint density at radius 3 is 2.71 bits per heavy atom. The van der Waals surface area contributed by atoms with Gasteiger partial charge in [-0.05, 0) is 31.3 Å². The summed E-state index contributed by atoms with van der Waals surface area (Å²) in [6, 6.07) is 10.1. The molecular weight excluding hydrogens is 525 g/mol. The number of methoxy groups -OCH3 is 2. The first-order chi connectivity index (χ1) is 20.9. The largest absolute Gasteiger partial charge is 0.496 e. The van der Waals surface area contributed by atoms with E-state index in [0.29, 0.717) is 65.4 Å². The van der Waals surface area contributed by atoms with E-state index in [-0.39, 0.29) is 27.0 Å². The molecule has 38 heavy (non-hydrogen) atoms. The fourth-order valence-electron chi connectivity index (χ4n) is 4.28. The normalized spacial score (nSPS) is 18.0. The van der Waals surface area contributed by atoms with Gasteiger partial charge in [-0.15, -0.1) is 0 Å². The predicted molar refractivity (Wildman–Crippen MR) is 150 cm³/mol. The lowest BCUT2D eigenvalue weighted by atomic mass is 10.0. The van der Waals surface area contributed by atoms with Crippen molar-refractivity contribution < 1.29 is 22.1 Å². The zero-order valence-corrected chi connectivity index (χ0v) is 21.8. The second-order valence-corrected chi connectivity index (χ2v) is 9.47. The van der Waals surface area contributed by atoms with Crippen LogP contribution in [0.2, 0.25) is 10.0 Å². The molecule has 5 rings (SSSR count). The molecule has 1 fully saturated rings. The van der Waals surface area contributed by atoms with Gasteiger partial charge in [0.2, 0.25) is 0 Å². The number of ether oxygens (including phenoxy) is 2. The third-order valence-electron chi connectivity index (χ3n) is 6.29. The minimum atomic E-state index is -2.74. The van der Waals surface area contributed by atoms with Crippen molar-refractivity contribution in [3.63, 3.8) is 0 Å². The van der Waals surface area contributed by atoms with E-state index in [0.717, 1.165) is 0 Å². The van der Waals surface area contributed by atoms with Crippen LogP contribution >= 0.6 is 23.2 Å². The minimum absolute atomic E-state index is 0.00842. The molecule has 1 aliphatic rings. The van der Waals surface area contributed by atoms with Crippen LogP contribution in [0.5, 0.6) is 11.5 Å². The van der Waals surface area contributed by atoms with E-state index in [2.05, 4.69) is 16.4 Å². The van der Waals surface area contributed by atoms with Crippen molar-refractivity contribution >= 4 is 45.5 Å². The van der Waals surface area contributed by atoms with Gasteiger partial charge in [0.05, 0.1) is 64.9 Å². The Bertz CT molecular complexity index is 1720. The van der Waals surface area contributed by atoms with Crippen LogP contribution in [0.25, 0.3) is 22.0 Å². The Kier molecular flexibility index (Phi) is 5.71. The summed E-state index contributed by atoms with van der Waals surface area (Å²) in [4.78, 5) is 8.13. The lowest BCUT2D eigenvalue weighted by Gasteiger charge is -2.31. The lowest BCUT2D eigenvalue weighted by molar-refractivity contribution is 0.140. The van der Waals surface area contributed by atoms with E-state index in [1.54, 1.807) is 29.4 Å². The molecule has 10 heteroatoms. The van der Waals surface area contributed by atoms with Gasteiger partial charge in [0.15, 0.2) is 0 Å². The van der Waals surface area contributed by atoms with Gasteiger partial charge in [-0.25, -0.2) is 0 Å². The number of aromatic nitrogens is 1. The number of nitrogens with zero attached hydrogens (tertiary/aromatic N) is 4. The quantitative estimate of drug-likeness (QED) is 0.288. The van der Waals surface area contributed by atoms with Crippen molar-refractivity contribution in [1.29, 1.82) is 5.26 Å². The maximum absolute atomic E-state index is 9.87. The number of piperazine rings is 1. The van der Waals surface area contributed by atoms with Crippen LogP contribution in [0.15, 0.2) is 47.2 Å². The van der Waals surface area contributed by atoms with E-state index in [4.69, 9.17) is 45.3 Å². The Balaban J connectivity index is 1.49. The summed E-state index contributed by atoms with van der Waals surface area (Å²) < 4.78 is 62.7. The van der Waals surface area contributed by atoms with Crippen molar-refractivity contribution in [1.82, 2.24) is 14.8 Å². The predicted octanol–water partition coefficient (Wildman–Crippen LogP) is 6.18. The molecule has 1 saturated heterocycles. The molecular formula is C28H27Cl2N5O3. The monoisotopic (exact) mass is 557 g/mol. The number of benzene rings is 2. The Hall–Kier alpha value is -3.48. The zero-order chi connectivity index (χ0) is 31.8. The van der Waals surface area contributed by atoms with Crippen LogP contribution in [0.4, 0.5) is 11.4 Å². The van der Waals surface area contributed by atoms with Crippen molar-refractivity contribution in [2.75, 3.05) is 52.6 Å². The van der Waals surface area contributed by atoms with E-state index >= 15 is 0 Å². The average Bonchev–Trinajstić information content (AvgIpc) is 3.48. The summed E-state index contributed by atoms with van der Waals surface area (Å²) in [7, 11) is -1.23. The first-order valence-electron chi connectivity index (χ1n) is 14.8. The Labute approximate surface area is 239 Å². The summed E-state index contributed by atoms with van der Waals surface area (Å²) in [6.07, 6.45) is 2.95. The molecule has 1 N–H and O–H groups in total. The Morgan fingerprint density at radius 2 is 1.97 bits per heavy atom. The molecule has 0 amide bonds. The molecule has 0 spiro atoms. The highest BCUT2D eigenvalue weighted by Gasteiger charge is 2.19. The molecule has 0 saturated carbocycles. The Morgan fingerprint density at radius 1 is 1.13 bits per heavy atom. The molecule has 8 nitrogen and oxygen atoms in total. The van der Waals surface area contributed by atoms with Gasteiger partial charge in [-0.1, -0.05) is 23.2 Å². The SMILES string of the molecule is [2H]C([2H])N1CCN(C([2H])c2cc(-c3cc4ncc(C#N)c(Nc5cc(OC([2H])([2H])[2H])c(Cl)cc5Cl)c4cc3OC)co2)CC1. The van der Waals surface area contributed by atoms with Crippen molar-refractivity contribution in [3.8, 4) is 28.7 Å². The van der Waals surface area contributed by atoms with Gasteiger partial charge >= 0.3 is 0 Å². The fraction of sp³-hybridized carbons (Fsp3) is 0.286. The summed E-state index contributed by atoms with van der Waals surface area (Å²) in [6.45, 7) is 0.353. The number of rotatable bonds is 7. The lowest BCUT2D eigenvalue weighted by Crippen LogP contribution is -2.43. The summed E-state index contributed by atoms with van der Waals surface area (Å²) in [5, 5.41) is 13.7. The van der Waals surface area contributed by atoms with Gasteiger partial charge in [-0.2, -0.15) is 5.26 Å². The molecule has 1 unspecified atom stereocenters. The van der Waals surface area contributed by atoms with Gasteiger partial charge in [0.25, 0.3) is 0 Å². The maximum atomic E-state index is 9.87. The van der Waals surface area contributed by atoms with Gasteiger partial charge in [0, 0.05) is 57.7 Å². The summed E-state index contributed by atoms with van der Waals surface area (Å²) >= 11 is 12.6. The van der Waals surface area contributed by atoms with Crippen molar-refractivity contribution in [2.24, 2.45) is 0 Å². The van der Waals surface area contributed by atoms with Crippen LogP contribution in [0, 0.1) is 11.3 Å². The first kappa shape index (κ1) is 19.6. The molecule has 196 valence electrons. The van der Waals surface area contributed by atoms with Gasteiger partial charge in [-0.3, -0.25) is 9.88 Å². The number of likely N-dealkylation sites (N-methyl/N-ethyl adjacent to an activating group) is 1. The first-order valence-corrected chi connectivity index (χ1v) is 12.3. The third-order valence-corrected chi connectivity index (χ3v) is 6.90. The number of hydrogen-bond acceptors (Lipinski definition) is 8. The molecule has 3 heterocycles. The molecule has 0 radical (unpaired) electrons. The van der Waals surface area contributed by atoms with Crippen LogP contribution in [-0.2, 0) is 6.52 Å². The molecule has 2 aromatic carbocycles. The molecule has 4 aromatic rings. The van der Waals surface area contributed by atoms with Crippen molar-refractivity contribution in [3.05, 3.63) is 64.2 Å². The van der Waals surface area contributed by atoms with Crippen LogP contribution in [0.3, 0.4) is 0 Å². The van der Waals surface area contributed by atoms with Crippen molar-refractivity contribution in [2.45, 2.75) is 6.52 Å². The number of halogens is 2. The maximum Gasteiger partial charge on any atom is 0.139 e. The van der Waals surface area contributed by atoms with E-state index in [1.165, 1.54) is 25.4 Å². The minimum Gasteiger partial charge on any atom is -0.496 e. The highest BCUT2D eigenvalue weighted by atomic mass is 35.5. The van der Waals surface area contributed by atoms with E-state index < -0.39 is 20.6 Å². The second kappa shape index (κ2) is 11.1. The molecule has 0 aliphatic carbocycles. The molecule has 1 atom stereocenters. The number of nitrogens with one attached hydrogen (secondary N) is 1. The highest BCUT2D eigenvalue weighted by Crippen LogP contribution is 2.41. The van der Waals surface area contributed by atoms with Gasteiger partial charge < -0.3 is 24.1 Å². The smallest absolute Gasteiger partial charge is 0.139 e. The summed E-state index contributed by atoms with van der Waals surface area (Å²) in [5.74, 6) is 0.773. The standard InChI is InChI=1S/C28H27Cl2N5O3/c1-34-4-6-35(7-5-34)15-19-8-17(16-38-19)20-9-24-21(10-26(20)36-2)28(18(13-31)14-32-24)33-25-12-27(37-3)23(30)11-22(25)29/h8-12,14,16H,4-7,15H2,1-3H3,(H,32,33)/i1D2,3D3,15D. The molecule has 0 bridgehead atoms. The third kappa shape index (κ3) is 5.24. The van der Waals surface area contributed by atoms with Crippen LogP contribution < -0.4 is 14.8 Å². The topological polar surface area (TPSA) is 86.8 Å². The van der Waals surface area contributed by atoms with E-state index in [9.17, 15) is 5.26 Å². The number of nitriles is 1.